The molecule has 1 aliphatic rings. The number of nitrogens with two attached hydrogens (primary N) is 1. The van der Waals surface area contributed by atoms with Crippen molar-refractivity contribution in [2.24, 2.45) is 0 Å². The highest BCUT2D eigenvalue weighted by Gasteiger charge is 2.31. The molecule has 3 heterocycles. The van der Waals surface area contributed by atoms with E-state index in [1.165, 1.54) is 108 Å². The number of hydrogen-bond donors (Lipinski definition) is 3. The summed E-state index contributed by atoms with van der Waals surface area (Å²) >= 11 is 2.06. The Balaban J connectivity index is 1.30. The second kappa shape index (κ2) is 23.9. The molecule has 0 radical (unpaired) electrons. The first-order valence-corrected chi connectivity index (χ1v) is 21.5. The Morgan fingerprint density at radius 2 is 1.63 bits per heavy atom. The molecule has 4 N–H and O–H groups in total. The molecule has 1 aliphatic heterocycles. The lowest BCUT2D eigenvalue weighted by Crippen LogP contribution is -2.25. The van der Waals surface area contributed by atoms with E-state index in [0.29, 0.717) is 36.8 Å². The number of fused-ring (bicyclic) bond motifs is 1. The molecule has 0 bridgehead atoms. The molecule has 0 aromatic carbocycles. The van der Waals surface area contributed by atoms with Crippen molar-refractivity contribution in [1.82, 2.24) is 19.5 Å². The van der Waals surface area contributed by atoms with Gasteiger partial charge in [-0.05, 0) is 44.8 Å². The van der Waals surface area contributed by atoms with Gasteiger partial charge in [0.25, 0.3) is 5.56 Å². The van der Waals surface area contributed by atoms with Gasteiger partial charge in [-0.2, -0.15) is 16.7 Å². The van der Waals surface area contributed by atoms with E-state index < -0.39 is 25.7 Å². The first kappa shape index (κ1) is 41.9. The van der Waals surface area contributed by atoms with Gasteiger partial charge in [-0.15, -0.1) is 0 Å². The minimum atomic E-state index is -4.25. The second-order valence-electron chi connectivity index (χ2n) is 13.4. The maximum atomic E-state index is 12.5. The average Bonchev–Trinajstić information content (AvgIpc) is 3.72. The third kappa shape index (κ3) is 16.2. The molecule has 0 amide bonds. The SMILES string of the molecule is CCCCCCCCCCCCSC(CCCCCCC)C(C)OCCCOP(=O)(O)OC[C@@H]1CC[C@H](n2cnc3c(=O)[nH]c(N)nc32)O1. The van der Waals surface area contributed by atoms with Crippen LogP contribution < -0.4 is 11.3 Å². The number of rotatable bonds is 29. The molecule has 5 atom stereocenters. The number of thioether (sulfide) groups is 1. The summed E-state index contributed by atoms with van der Waals surface area (Å²) < 4.78 is 36.9. The van der Waals surface area contributed by atoms with Crippen LogP contribution in [-0.2, 0) is 23.1 Å². The van der Waals surface area contributed by atoms with Crippen molar-refractivity contribution in [1.29, 1.82) is 0 Å². The molecular weight excluding hydrogens is 665 g/mol. The molecule has 1 saturated heterocycles. The molecule has 12 nitrogen and oxygen atoms in total. The van der Waals surface area contributed by atoms with Gasteiger partial charge in [-0.1, -0.05) is 104 Å². The van der Waals surface area contributed by atoms with Gasteiger partial charge in [0, 0.05) is 11.9 Å². The molecule has 0 aliphatic carbocycles. The fourth-order valence-corrected chi connectivity index (χ4v) is 8.37. The maximum Gasteiger partial charge on any atom is 0.472 e. The number of anilines is 1. The lowest BCUT2D eigenvalue weighted by molar-refractivity contribution is -0.0227. The van der Waals surface area contributed by atoms with Crippen LogP contribution in [0.5, 0.6) is 0 Å². The summed E-state index contributed by atoms with van der Waals surface area (Å²) in [5.41, 5.74) is 5.77. The van der Waals surface area contributed by atoms with Gasteiger partial charge >= 0.3 is 7.82 Å². The summed E-state index contributed by atoms with van der Waals surface area (Å²) in [7, 11) is -4.25. The Labute approximate surface area is 298 Å². The standard InChI is InChI=1S/C35H64N5O7PS/c1-4-6-8-10-11-12-13-14-16-18-25-49-30(20-17-15-9-7-5-2)28(3)44-23-19-24-45-48(42,43)46-26-29-21-22-31(47-29)40-27-37-32-33(40)38-35(36)39-34(32)41/h27-31H,4-26H2,1-3H3,(H,42,43)(H3,36,38,39,41)/t28?,29-,30?,31+/m0/s1. The van der Waals surface area contributed by atoms with Crippen LogP contribution >= 0.6 is 19.6 Å². The van der Waals surface area contributed by atoms with Crippen LogP contribution in [0.15, 0.2) is 11.1 Å². The molecule has 282 valence electrons. The van der Waals surface area contributed by atoms with E-state index in [-0.39, 0.29) is 30.8 Å². The molecule has 14 heteroatoms. The third-order valence-corrected chi connectivity index (χ3v) is 11.7. The maximum absolute atomic E-state index is 12.5. The number of nitrogen functional groups attached to an aromatic ring is 1. The quantitative estimate of drug-likeness (QED) is 0.0542. The van der Waals surface area contributed by atoms with Crippen molar-refractivity contribution < 1.29 is 28.0 Å². The molecule has 1 fully saturated rings. The van der Waals surface area contributed by atoms with Crippen LogP contribution in [0.25, 0.3) is 11.2 Å². The molecule has 49 heavy (non-hydrogen) atoms. The summed E-state index contributed by atoms with van der Waals surface area (Å²) in [6.45, 7) is 7.10. The monoisotopic (exact) mass is 729 g/mol. The van der Waals surface area contributed by atoms with E-state index in [1.807, 2.05) is 0 Å². The lowest BCUT2D eigenvalue weighted by atomic mass is 10.1. The minimum absolute atomic E-state index is 0.00791. The predicted octanol–water partition coefficient (Wildman–Crippen LogP) is 8.69. The number of phosphoric ester groups is 1. The van der Waals surface area contributed by atoms with Gasteiger partial charge in [0.1, 0.15) is 6.23 Å². The van der Waals surface area contributed by atoms with E-state index in [9.17, 15) is 14.3 Å². The van der Waals surface area contributed by atoms with Gasteiger partial charge in [0.05, 0.1) is 31.7 Å². The zero-order valence-corrected chi connectivity index (χ0v) is 32.0. The summed E-state index contributed by atoms with van der Waals surface area (Å²) in [4.78, 5) is 33.0. The van der Waals surface area contributed by atoms with Crippen molar-refractivity contribution in [2.75, 3.05) is 31.3 Å². The Morgan fingerprint density at radius 1 is 0.980 bits per heavy atom. The van der Waals surface area contributed by atoms with Crippen LogP contribution in [-0.4, -0.2) is 67.4 Å². The first-order chi connectivity index (χ1) is 23.7. The summed E-state index contributed by atoms with van der Waals surface area (Å²) in [6.07, 6.45) is 23.4. The fraction of sp³-hybridized carbons (Fsp3) is 0.857. The Kier molecular flexibility index (Phi) is 20.5. The minimum Gasteiger partial charge on any atom is -0.377 e. The Hall–Kier alpha value is -1.47. The highest BCUT2D eigenvalue weighted by molar-refractivity contribution is 7.99. The number of ether oxygens (including phenoxy) is 2. The number of hydrogen-bond acceptors (Lipinski definition) is 10. The van der Waals surface area contributed by atoms with E-state index in [2.05, 4.69) is 47.5 Å². The van der Waals surface area contributed by atoms with E-state index in [0.717, 1.165) is 6.42 Å². The number of imidazole rings is 1. The van der Waals surface area contributed by atoms with Crippen molar-refractivity contribution in [3.8, 4) is 0 Å². The molecular formula is C35H64N5O7PS. The summed E-state index contributed by atoms with van der Waals surface area (Å²) in [6, 6.07) is 0. The topological polar surface area (TPSA) is 164 Å². The van der Waals surface area contributed by atoms with E-state index in [1.54, 1.807) is 4.57 Å². The van der Waals surface area contributed by atoms with Crippen LogP contribution in [0.3, 0.4) is 0 Å². The normalized spacial score (nSPS) is 19.0. The van der Waals surface area contributed by atoms with Crippen LogP contribution in [0.1, 0.15) is 149 Å². The van der Waals surface area contributed by atoms with Crippen LogP contribution in [0, 0.1) is 0 Å². The fourth-order valence-electron chi connectivity index (χ4n) is 6.22. The second-order valence-corrected chi connectivity index (χ2v) is 16.2. The van der Waals surface area contributed by atoms with E-state index in [4.69, 9.17) is 24.3 Å². The zero-order valence-electron chi connectivity index (χ0n) is 30.3. The molecule has 3 rings (SSSR count). The first-order valence-electron chi connectivity index (χ1n) is 19.0. The highest BCUT2D eigenvalue weighted by atomic mass is 32.2. The van der Waals surface area contributed by atoms with Crippen molar-refractivity contribution in [3.05, 3.63) is 16.7 Å². The average molecular weight is 730 g/mol. The number of phosphoric acid groups is 1. The van der Waals surface area contributed by atoms with Gasteiger partial charge in [-0.3, -0.25) is 23.4 Å². The predicted molar refractivity (Wildman–Crippen MR) is 199 cm³/mol. The summed E-state index contributed by atoms with van der Waals surface area (Å²) in [5.74, 6) is 1.17. The van der Waals surface area contributed by atoms with Gasteiger partial charge in [0.2, 0.25) is 5.95 Å². The number of H-pyrrole nitrogens is 1. The zero-order chi connectivity index (χ0) is 35.3. The molecule has 3 unspecified atom stereocenters. The molecule has 2 aromatic heterocycles. The van der Waals surface area contributed by atoms with Crippen LogP contribution in [0.4, 0.5) is 5.95 Å². The smallest absolute Gasteiger partial charge is 0.377 e. The number of aromatic nitrogens is 4. The van der Waals surface area contributed by atoms with Gasteiger partial charge < -0.3 is 20.1 Å². The lowest BCUT2D eigenvalue weighted by Gasteiger charge is -2.24. The van der Waals surface area contributed by atoms with Gasteiger partial charge in [0.15, 0.2) is 11.2 Å². The number of aromatic amines is 1. The molecule has 2 aromatic rings. The van der Waals surface area contributed by atoms with Gasteiger partial charge in [-0.25, -0.2) is 9.55 Å². The summed E-state index contributed by atoms with van der Waals surface area (Å²) in [5, 5.41) is 0.456. The molecule has 0 saturated carbocycles. The highest BCUT2D eigenvalue weighted by Crippen LogP contribution is 2.44. The van der Waals surface area contributed by atoms with Crippen molar-refractivity contribution in [2.45, 2.75) is 166 Å². The number of nitrogens with zero attached hydrogens (tertiary/aromatic N) is 3. The van der Waals surface area contributed by atoms with Crippen LogP contribution in [0.2, 0.25) is 0 Å². The third-order valence-electron chi connectivity index (χ3n) is 9.14. The number of unbranched alkanes of at least 4 members (excludes halogenated alkanes) is 13. The van der Waals surface area contributed by atoms with E-state index >= 15 is 0 Å². The van der Waals surface area contributed by atoms with Crippen molar-refractivity contribution >= 4 is 36.7 Å². The largest absolute Gasteiger partial charge is 0.472 e. The number of nitrogens with one attached hydrogen (secondary N) is 1. The van der Waals surface area contributed by atoms with Crippen molar-refractivity contribution in [3.63, 3.8) is 0 Å². The Bertz CT molecular complexity index is 1280. The molecule has 0 spiro atoms. The Morgan fingerprint density at radius 3 is 2.33 bits per heavy atom.